The van der Waals surface area contributed by atoms with Crippen molar-refractivity contribution >= 4 is 5.69 Å². The van der Waals surface area contributed by atoms with Crippen molar-refractivity contribution < 1.29 is 4.52 Å². The van der Waals surface area contributed by atoms with Crippen molar-refractivity contribution in [2.75, 3.05) is 33.0 Å². The van der Waals surface area contributed by atoms with E-state index in [-0.39, 0.29) is 0 Å². The predicted octanol–water partition coefficient (Wildman–Crippen LogP) is 1.88. The summed E-state index contributed by atoms with van der Waals surface area (Å²) in [6.45, 7) is 0.909. The Labute approximate surface area is 107 Å². The molecular formula is C13H18N4O. The fourth-order valence-electron chi connectivity index (χ4n) is 1.68. The SMILES string of the molecule is CNc1ccccc1-c1nc(CCN(C)C)no1. The summed E-state index contributed by atoms with van der Waals surface area (Å²) in [7, 11) is 5.93. The van der Waals surface area contributed by atoms with Crippen molar-refractivity contribution in [1.82, 2.24) is 15.0 Å². The normalized spacial score (nSPS) is 10.9. The third kappa shape index (κ3) is 2.87. The minimum atomic E-state index is 0.564. The van der Waals surface area contributed by atoms with E-state index in [0.717, 1.165) is 30.0 Å². The van der Waals surface area contributed by atoms with Crippen LogP contribution in [0.1, 0.15) is 5.82 Å². The van der Waals surface area contributed by atoms with Gasteiger partial charge in [-0.25, -0.2) is 0 Å². The molecule has 0 amide bonds. The second kappa shape index (κ2) is 5.64. The Balaban J connectivity index is 2.18. The second-order valence-corrected chi connectivity index (χ2v) is 4.36. The topological polar surface area (TPSA) is 54.2 Å². The fraction of sp³-hybridized carbons (Fsp3) is 0.385. The molecule has 1 aromatic heterocycles. The van der Waals surface area contributed by atoms with Gasteiger partial charge in [0.1, 0.15) is 0 Å². The van der Waals surface area contributed by atoms with Crippen LogP contribution in [-0.2, 0) is 6.42 Å². The molecule has 5 heteroatoms. The molecule has 0 atom stereocenters. The van der Waals surface area contributed by atoms with Gasteiger partial charge in [-0.1, -0.05) is 17.3 Å². The molecule has 1 heterocycles. The van der Waals surface area contributed by atoms with Crippen LogP contribution in [0.5, 0.6) is 0 Å². The van der Waals surface area contributed by atoms with E-state index >= 15 is 0 Å². The summed E-state index contributed by atoms with van der Waals surface area (Å²) in [5, 5.41) is 7.12. The third-order valence-electron chi connectivity index (χ3n) is 2.68. The first kappa shape index (κ1) is 12.6. The van der Waals surface area contributed by atoms with Crippen LogP contribution in [-0.4, -0.2) is 42.7 Å². The maximum Gasteiger partial charge on any atom is 0.260 e. The van der Waals surface area contributed by atoms with E-state index in [1.165, 1.54) is 0 Å². The van der Waals surface area contributed by atoms with Gasteiger partial charge in [0, 0.05) is 25.7 Å². The van der Waals surface area contributed by atoms with Crippen LogP contribution >= 0.6 is 0 Å². The Morgan fingerprint density at radius 1 is 1.28 bits per heavy atom. The van der Waals surface area contributed by atoms with Crippen molar-refractivity contribution in [1.29, 1.82) is 0 Å². The Kier molecular flexibility index (Phi) is 3.94. The summed E-state index contributed by atoms with van der Waals surface area (Å²) < 4.78 is 5.31. The monoisotopic (exact) mass is 246 g/mol. The molecular weight excluding hydrogens is 228 g/mol. The molecule has 0 aliphatic rings. The highest BCUT2D eigenvalue weighted by molar-refractivity contribution is 5.71. The number of para-hydroxylation sites is 1. The summed E-state index contributed by atoms with van der Waals surface area (Å²) in [5.74, 6) is 1.30. The number of anilines is 1. The molecule has 0 aliphatic carbocycles. The van der Waals surface area contributed by atoms with Crippen molar-refractivity contribution in [2.45, 2.75) is 6.42 Å². The van der Waals surface area contributed by atoms with Crippen LogP contribution in [0.4, 0.5) is 5.69 Å². The lowest BCUT2D eigenvalue weighted by Gasteiger charge is -2.05. The molecule has 1 N–H and O–H groups in total. The number of hydrogen-bond acceptors (Lipinski definition) is 5. The van der Waals surface area contributed by atoms with Crippen molar-refractivity contribution in [3.05, 3.63) is 30.1 Å². The van der Waals surface area contributed by atoms with Crippen LogP contribution in [0.15, 0.2) is 28.8 Å². The van der Waals surface area contributed by atoms with Crippen LogP contribution in [0.25, 0.3) is 11.5 Å². The minimum Gasteiger partial charge on any atom is -0.387 e. The molecule has 2 aromatic rings. The standard InChI is InChI=1S/C13H18N4O/c1-14-11-7-5-4-6-10(11)13-15-12(16-18-13)8-9-17(2)3/h4-7,14H,8-9H2,1-3H3. The fourth-order valence-corrected chi connectivity index (χ4v) is 1.68. The average Bonchev–Trinajstić information content (AvgIpc) is 2.85. The molecule has 2 rings (SSSR count). The van der Waals surface area contributed by atoms with Gasteiger partial charge in [-0.3, -0.25) is 0 Å². The number of hydrogen-bond donors (Lipinski definition) is 1. The van der Waals surface area contributed by atoms with Gasteiger partial charge in [0.15, 0.2) is 5.82 Å². The first-order chi connectivity index (χ1) is 8.70. The highest BCUT2D eigenvalue weighted by Gasteiger charge is 2.11. The first-order valence-corrected chi connectivity index (χ1v) is 5.95. The summed E-state index contributed by atoms with van der Waals surface area (Å²) in [4.78, 5) is 6.51. The van der Waals surface area contributed by atoms with E-state index in [9.17, 15) is 0 Å². The zero-order chi connectivity index (χ0) is 13.0. The average molecular weight is 246 g/mol. The number of nitrogens with one attached hydrogen (secondary N) is 1. The molecule has 0 saturated carbocycles. The van der Waals surface area contributed by atoms with Crippen LogP contribution < -0.4 is 5.32 Å². The van der Waals surface area contributed by atoms with Crippen LogP contribution in [0.2, 0.25) is 0 Å². The number of rotatable bonds is 5. The molecule has 1 aromatic carbocycles. The minimum absolute atomic E-state index is 0.564. The largest absolute Gasteiger partial charge is 0.387 e. The highest BCUT2D eigenvalue weighted by atomic mass is 16.5. The Bertz CT molecular complexity index is 507. The Morgan fingerprint density at radius 3 is 2.78 bits per heavy atom. The van der Waals surface area contributed by atoms with Gasteiger partial charge >= 0.3 is 0 Å². The lowest BCUT2D eigenvalue weighted by atomic mass is 10.2. The molecule has 18 heavy (non-hydrogen) atoms. The number of benzene rings is 1. The summed E-state index contributed by atoms with van der Waals surface area (Å²) in [6, 6.07) is 7.88. The molecule has 0 spiro atoms. The molecule has 0 unspecified atom stereocenters. The van der Waals surface area contributed by atoms with Crippen LogP contribution in [0, 0.1) is 0 Å². The molecule has 96 valence electrons. The van der Waals surface area contributed by atoms with Gasteiger partial charge in [-0.05, 0) is 26.2 Å². The second-order valence-electron chi connectivity index (χ2n) is 4.36. The zero-order valence-electron chi connectivity index (χ0n) is 11.0. The van der Waals surface area contributed by atoms with Gasteiger partial charge in [0.2, 0.25) is 0 Å². The Hall–Kier alpha value is -1.88. The quantitative estimate of drug-likeness (QED) is 0.873. The van der Waals surface area contributed by atoms with Gasteiger partial charge in [-0.2, -0.15) is 4.98 Å². The molecule has 0 radical (unpaired) electrons. The van der Waals surface area contributed by atoms with Gasteiger partial charge in [-0.15, -0.1) is 0 Å². The van der Waals surface area contributed by atoms with E-state index in [1.807, 2.05) is 45.4 Å². The van der Waals surface area contributed by atoms with Gasteiger partial charge in [0.25, 0.3) is 5.89 Å². The zero-order valence-corrected chi connectivity index (χ0v) is 11.0. The van der Waals surface area contributed by atoms with E-state index in [4.69, 9.17) is 4.52 Å². The van der Waals surface area contributed by atoms with Crippen molar-refractivity contribution in [3.63, 3.8) is 0 Å². The molecule has 0 saturated heterocycles. The molecule has 0 aliphatic heterocycles. The number of likely N-dealkylation sites (N-methyl/N-ethyl adjacent to an activating group) is 1. The lowest BCUT2D eigenvalue weighted by molar-refractivity contribution is 0.392. The smallest absolute Gasteiger partial charge is 0.260 e. The van der Waals surface area contributed by atoms with Crippen molar-refractivity contribution in [3.8, 4) is 11.5 Å². The highest BCUT2D eigenvalue weighted by Crippen LogP contribution is 2.25. The number of aromatic nitrogens is 2. The molecule has 0 bridgehead atoms. The molecule has 5 nitrogen and oxygen atoms in total. The van der Waals surface area contributed by atoms with E-state index < -0.39 is 0 Å². The number of nitrogens with zero attached hydrogens (tertiary/aromatic N) is 3. The first-order valence-electron chi connectivity index (χ1n) is 5.95. The van der Waals surface area contributed by atoms with Crippen LogP contribution in [0.3, 0.4) is 0 Å². The summed E-state index contributed by atoms with van der Waals surface area (Å²) >= 11 is 0. The van der Waals surface area contributed by atoms with Crippen molar-refractivity contribution in [2.24, 2.45) is 0 Å². The Morgan fingerprint density at radius 2 is 2.06 bits per heavy atom. The van der Waals surface area contributed by atoms with Gasteiger partial charge < -0.3 is 14.7 Å². The lowest BCUT2D eigenvalue weighted by Crippen LogP contribution is -2.15. The maximum atomic E-state index is 5.31. The van der Waals surface area contributed by atoms with Gasteiger partial charge in [0.05, 0.1) is 5.56 Å². The van der Waals surface area contributed by atoms with E-state index in [2.05, 4.69) is 20.4 Å². The molecule has 0 fully saturated rings. The summed E-state index contributed by atoms with van der Waals surface area (Å²) in [6.07, 6.45) is 0.790. The van der Waals surface area contributed by atoms with E-state index in [0.29, 0.717) is 5.89 Å². The summed E-state index contributed by atoms with van der Waals surface area (Å²) in [5.41, 5.74) is 1.92. The maximum absolute atomic E-state index is 5.31. The third-order valence-corrected chi connectivity index (χ3v) is 2.68. The predicted molar refractivity (Wildman–Crippen MR) is 71.5 cm³/mol. The van der Waals surface area contributed by atoms with E-state index in [1.54, 1.807) is 0 Å².